The molecule has 5 rings (SSSR count). The number of aryl methyl sites for hydroxylation is 2. The monoisotopic (exact) mass is 374 g/mol. The second kappa shape index (κ2) is 6.59. The zero-order chi connectivity index (χ0) is 19.3. The molecule has 5 heteroatoms. The van der Waals surface area contributed by atoms with Gasteiger partial charge in [-0.25, -0.2) is 0 Å². The van der Waals surface area contributed by atoms with Crippen molar-refractivity contribution in [1.82, 2.24) is 9.88 Å². The lowest BCUT2D eigenvalue weighted by Gasteiger charge is -2.37. The van der Waals surface area contributed by atoms with Crippen LogP contribution in [0.2, 0.25) is 0 Å². The summed E-state index contributed by atoms with van der Waals surface area (Å²) >= 11 is 0. The standard InChI is InChI=1S/C23H26N4O/c1-15-7-8-19-18(16(15)2)13-21(25-19)23(28)26-11-9-17(10-12-26)27-14-24-20-5-3-4-6-22(20)27/h3-8,13,17,24-25H,9-12,14H2,1-2H3. The number of anilines is 2. The Hall–Kier alpha value is -2.95. The Balaban J connectivity index is 1.30. The topological polar surface area (TPSA) is 51.4 Å². The predicted octanol–water partition coefficient (Wildman–Crippen LogP) is 4.28. The molecule has 2 aliphatic heterocycles. The number of carbonyl (C=O) groups is 1. The molecule has 2 aromatic carbocycles. The number of carbonyl (C=O) groups excluding carboxylic acids is 1. The molecular formula is C23H26N4O. The van der Waals surface area contributed by atoms with E-state index in [-0.39, 0.29) is 5.91 Å². The summed E-state index contributed by atoms with van der Waals surface area (Å²) in [5.74, 6) is 0.117. The first kappa shape index (κ1) is 17.2. The van der Waals surface area contributed by atoms with Crippen molar-refractivity contribution in [1.29, 1.82) is 0 Å². The zero-order valence-electron chi connectivity index (χ0n) is 16.5. The zero-order valence-corrected chi connectivity index (χ0v) is 16.5. The number of aromatic amines is 1. The number of nitrogens with zero attached hydrogens (tertiary/aromatic N) is 2. The molecule has 3 heterocycles. The van der Waals surface area contributed by atoms with Gasteiger partial charge in [-0.05, 0) is 62.1 Å². The third kappa shape index (κ3) is 2.73. The van der Waals surface area contributed by atoms with Crippen LogP contribution in [-0.4, -0.2) is 41.6 Å². The molecule has 0 aliphatic carbocycles. The summed E-state index contributed by atoms with van der Waals surface area (Å²) in [6.07, 6.45) is 2.00. The number of para-hydroxylation sites is 2. The molecule has 2 aliphatic rings. The van der Waals surface area contributed by atoms with E-state index in [1.165, 1.54) is 22.5 Å². The number of rotatable bonds is 2. The maximum absolute atomic E-state index is 13.1. The van der Waals surface area contributed by atoms with E-state index >= 15 is 0 Å². The molecule has 1 saturated heterocycles. The molecule has 1 amide bonds. The van der Waals surface area contributed by atoms with Gasteiger partial charge in [-0.3, -0.25) is 4.79 Å². The lowest BCUT2D eigenvalue weighted by atomic mass is 10.0. The highest BCUT2D eigenvalue weighted by Gasteiger charge is 2.31. The minimum absolute atomic E-state index is 0.117. The molecule has 1 aromatic heterocycles. The molecule has 0 bridgehead atoms. The highest BCUT2D eigenvalue weighted by Crippen LogP contribution is 2.34. The van der Waals surface area contributed by atoms with E-state index in [2.05, 4.69) is 65.4 Å². The van der Waals surface area contributed by atoms with E-state index < -0.39 is 0 Å². The van der Waals surface area contributed by atoms with E-state index in [4.69, 9.17) is 0 Å². The van der Waals surface area contributed by atoms with Gasteiger partial charge >= 0.3 is 0 Å². The second-order valence-electron chi connectivity index (χ2n) is 8.00. The van der Waals surface area contributed by atoms with Crippen LogP contribution in [-0.2, 0) is 0 Å². The normalized spacial score (nSPS) is 17.1. The fourth-order valence-electron chi connectivity index (χ4n) is 4.58. The molecule has 28 heavy (non-hydrogen) atoms. The Bertz CT molecular complexity index is 1050. The minimum atomic E-state index is 0.117. The average molecular weight is 374 g/mol. The van der Waals surface area contributed by atoms with Gasteiger partial charge in [0.05, 0.1) is 18.0 Å². The number of aromatic nitrogens is 1. The Kier molecular flexibility index (Phi) is 4.04. The van der Waals surface area contributed by atoms with Crippen molar-refractivity contribution in [2.45, 2.75) is 32.7 Å². The molecule has 0 spiro atoms. The van der Waals surface area contributed by atoms with Crippen LogP contribution in [0, 0.1) is 13.8 Å². The number of hydrogen-bond donors (Lipinski definition) is 2. The Morgan fingerprint density at radius 3 is 2.68 bits per heavy atom. The van der Waals surface area contributed by atoms with Gasteiger partial charge in [0.2, 0.25) is 0 Å². The first-order chi connectivity index (χ1) is 13.6. The third-order valence-corrected chi connectivity index (χ3v) is 6.42. The molecule has 0 unspecified atom stereocenters. The number of likely N-dealkylation sites (tertiary alicyclic amines) is 1. The van der Waals surface area contributed by atoms with Gasteiger partial charge in [-0.2, -0.15) is 0 Å². The molecule has 144 valence electrons. The fraction of sp³-hybridized carbons (Fsp3) is 0.348. The van der Waals surface area contributed by atoms with Gasteiger partial charge in [-0.15, -0.1) is 0 Å². The Labute approximate surface area is 165 Å². The molecule has 3 aromatic rings. The summed E-state index contributed by atoms with van der Waals surface area (Å²) in [4.78, 5) is 20.8. The number of H-pyrrole nitrogens is 1. The number of hydrogen-bond acceptors (Lipinski definition) is 3. The molecule has 2 N–H and O–H groups in total. The van der Waals surface area contributed by atoms with Crippen LogP contribution in [0.4, 0.5) is 11.4 Å². The Morgan fingerprint density at radius 1 is 1.07 bits per heavy atom. The summed E-state index contributed by atoms with van der Waals surface area (Å²) in [5, 5.41) is 4.62. The number of nitrogens with one attached hydrogen (secondary N) is 2. The van der Waals surface area contributed by atoms with Crippen LogP contribution in [0.25, 0.3) is 10.9 Å². The average Bonchev–Trinajstić information content (AvgIpc) is 3.35. The lowest BCUT2D eigenvalue weighted by Crippen LogP contribution is -2.46. The van der Waals surface area contributed by atoms with E-state index in [1.807, 2.05) is 11.0 Å². The van der Waals surface area contributed by atoms with Gasteiger partial charge in [-0.1, -0.05) is 18.2 Å². The quantitative estimate of drug-likeness (QED) is 0.704. The van der Waals surface area contributed by atoms with E-state index in [9.17, 15) is 4.79 Å². The minimum Gasteiger partial charge on any atom is -0.366 e. The molecule has 5 nitrogen and oxygen atoms in total. The van der Waals surface area contributed by atoms with E-state index in [0.29, 0.717) is 11.7 Å². The largest absolute Gasteiger partial charge is 0.366 e. The van der Waals surface area contributed by atoms with Crippen molar-refractivity contribution in [3.05, 3.63) is 59.3 Å². The van der Waals surface area contributed by atoms with Crippen LogP contribution in [0.5, 0.6) is 0 Å². The maximum Gasteiger partial charge on any atom is 0.270 e. The maximum atomic E-state index is 13.1. The first-order valence-electron chi connectivity index (χ1n) is 10.1. The van der Waals surface area contributed by atoms with E-state index in [1.54, 1.807) is 0 Å². The Morgan fingerprint density at radius 2 is 1.86 bits per heavy atom. The highest BCUT2D eigenvalue weighted by atomic mass is 16.2. The van der Waals surface area contributed by atoms with Crippen LogP contribution < -0.4 is 10.2 Å². The summed E-state index contributed by atoms with van der Waals surface area (Å²) in [7, 11) is 0. The molecule has 0 radical (unpaired) electrons. The fourth-order valence-corrected chi connectivity index (χ4v) is 4.58. The van der Waals surface area contributed by atoms with Gasteiger partial charge in [0.25, 0.3) is 5.91 Å². The predicted molar refractivity (Wildman–Crippen MR) is 114 cm³/mol. The number of amides is 1. The van der Waals surface area contributed by atoms with Gasteiger partial charge < -0.3 is 20.1 Å². The summed E-state index contributed by atoms with van der Waals surface area (Å²) in [6.45, 7) is 6.69. The molecular weight excluding hydrogens is 348 g/mol. The lowest BCUT2D eigenvalue weighted by molar-refractivity contribution is 0.0708. The van der Waals surface area contributed by atoms with Gasteiger partial charge in [0, 0.05) is 30.0 Å². The van der Waals surface area contributed by atoms with Crippen LogP contribution in [0.1, 0.15) is 34.5 Å². The SMILES string of the molecule is Cc1ccc2[nH]c(C(=O)N3CCC(N4CNc5ccccc54)CC3)cc2c1C. The number of piperidine rings is 1. The van der Waals surface area contributed by atoms with Crippen LogP contribution in [0.15, 0.2) is 42.5 Å². The van der Waals surface area contributed by atoms with Crippen LogP contribution >= 0.6 is 0 Å². The van der Waals surface area contributed by atoms with Crippen molar-refractivity contribution in [2.75, 3.05) is 30.0 Å². The summed E-state index contributed by atoms with van der Waals surface area (Å²) in [5.41, 5.74) is 6.74. The van der Waals surface area contributed by atoms with Crippen molar-refractivity contribution < 1.29 is 4.79 Å². The molecule has 0 atom stereocenters. The number of benzene rings is 2. The summed E-state index contributed by atoms with van der Waals surface area (Å²) < 4.78 is 0. The van der Waals surface area contributed by atoms with Crippen molar-refractivity contribution in [3.63, 3.8) is 0 Å². The van der Waals surface area contributed by atoms with Crippen molar-refractivity contribution >= 4 is 28.2 Å². The first-order valence-corrected chi connectivity index (χ1v) is 10.1. The van der Waals surface area contributed by atoms with Gasteiger partial charge in [0.1, 0.15) is 5.69 Å². The summed E-state index contributed by atoms with van der Waals surface area (Å²) in [6, 6.07) is 15.2. The van der Waals surface area contributed by atoms with Gasteiger partial charge in [0.15, 0.2) is 0 Å². The smallest absolute Gasteiger partial charge is 0.270 e. The number of fused-ring (bicyclic) bond motifs is 2. The van der Waals surface area contributed by atoms with Crippen LogP contribution in [0.3, 0.4) is 0 Å². The van der Waals surface area contributed by atoms with Crippen molar-refractivity contribution in [3.8, 4) is 0 Å². The van der Waals surface area contributed by atoms with E-state index in [0.717, 1.165) is 43.5 Å². The molecule has 1 fully saturated rings. The molecule has 0 saturated carbocycles. The highest BCUT2D eigenvalue weighted by molar-refractivity contribution is 5.99. The second-order valence-corrected chi connectivity index (χ2v) is 8.00. The van der Waals surface area contributed by atoms with Crippen molar-refractivity contribution in [2.24, 2.45) is 0 Å². The third-order valence-electron chi connectivity index (χ3n) is 6.42.